The smallest absolute Gasteiger partial charge is 0.0541 e. The fourth-order valence-corrected chi connectivity index (χ4v) is 7.69. The predicted molar refractivity (Wildman–Crippen MR) is 167 cm³/mol. The van der Waals surface area contributed by atoms with Gasteiger partial charge in [0.05, 0.1) is 11.0 Å². The first-order chi connectivity index (χ1) is 19.3. The van der Waals surface area contributed by atoms with Gasteiger partial charge in [0.25, 0.3) is 0 Å². The van der Waals surface area contributed by atoms with E-state index >= 15 is 0 Å². The molecule has 0 N–H and O–H groups in total. The largest absolute Gasteiger partial charge is 0.309 e. The number of hydrogen-bond acceptors (Lipinski definition) is 1. The summed E-state index contributed by atoms with van der Waals surface area (Å²) in [6.07, 6.45) is 0.976. The maximum Gasteiger partial charge on any atom is 0.0541 e. The van der Waals surface area contributed by atoms with Gasteiger partial charge in [0.1, 0.15) is 0 Å². The average Bonchev–Trinajstić information content (AvgIpc) is 3.65. The molecule has 0 saturated heterocycles. The third kappa shape index (κ3) is 3.07. The molecule has 1 aliphatic carbocycles. The van der Waals surface area contributed by atoms with Crippen LogP contribution < -0.4 is 0 Å². The summed E-state index contributed by atoms with van der Waals surface area (Å²) >= 11 is 1.88. The maximum atomic E-state index is 2.42. The van der Waals surface area contributed by atoms with E-state index in [1.807, 2.05) is 11.3 Å². The highest BCUT2D eigenvalue weighted by atomic mass is 32.1. The molecule has 39 heavy (non-hydrogen) atoms. The summed E-state index contributed by atoms with van der Waals surface area (Å²) in [4.78, 5) is 0. The van der Waals surface area contributed by atoms with Crippen molar-refractivity contribution in [1.29, 1.82) is 0 Å². The first-order valence-corrected chi connectivity index (χ1v) is 14.3. The van der Waals surface area contributed by atoms with Crippen LogP contribution in [0.2, 0.25) is 0 Å². The molecule has 182 valence electrons. The monoisotopic (exact) mass is 513 g/mol. The van der Waals surface area contributed by atoms with E-state index in [-0.39, 0.29) is 0 Å². The van der Waals surface area contributed by atoms with E-state index in [4.69, 9.17) is 0 Å². The van der Waals surface area contributed by atoms with E-state index in [9.17, 15) is 0 Å². The van der Waals surface area contributed by atoms with Gasteiger partial charge in [-0.25, -0.2) is 0 Å². The number of nitrogens with zero attached hydrogens (tertiary/aromatic N) is 1. The molecule has 1 nitrogen and oxygen atoms in total. The molecule has 0 bridgehead atoms. The maximum absolute atomic E-state index is 2.42. The topological polar surface area (TPSA) is 4.93 Å². The van der Waals surface area contributed by atoms with E-state index in [1.165, 1.54) is 81.0 Å². The van der Waals surface area contributed by atoms with Crippen LogP contribution in [-0.4, -0.2) is 4.57 Å². The van der Waals surface area contributed by atoms with Crippen LogP contribution in [0.4, 0.5) is 0 Å². The van der Waals surface area contributed by atoms with Crippen molar-refractivity contribution in [2.24, 2.45) is 0 Å². The van der Waals surface area contributed by atoms with Crippen LogP contribution in [0.25, 0.3) is 69.9 Å². The Balaban J connectivity index is 1.17. The van der Waals surface area contributed by atoms with Crippen LogP contribution in [0, 0.1) is 0 Å². The second-order valence-electron chi connectivity index (χ2n) is 10.6. The normalized spacial score (nSPS) is 12.5. The minimum absolute atomic E-state index is 0.976. The molecule has 0 spiro atoms. The molecule has 0 atom stereocenters. The molecule has 1 aliphatic rings. The second-order valence-corrected chi connectivity index (χ2v) is 11.7. The molecular formula is C37H23NS. The van der Waals surface area contributed by atoms with E-state index in [0.717, 1.165) is 6.42 Å². The quantitative estimate of drug-likeness (QED) is 0.217. The Hall–Kier alpha value is -4.66. The van der Waals surface area contributed by atoms with Gasteiger partial charge >= 0.3 is 0 Å². The van der Waals surface area contributed by atoms with Crippen molar-refractivity contribution in [3.8, 4) is 27.9 Å². The number of fused-ring (bicyclic) bond motifs is 9. The van der Waals surface area contributed by atoms with E-state index in [0.29, 0.717) is 0 Å². The summed E-state index contributed by atoms with van der Waals surface area (Å²) in [5.74, 6) is 0. The Labute approximate surface area is 230 Å². The summed E-state index contributed by atoms with van der Waals surface area (Å²) in [6.45, 7) is 0. The summed E-state index contributed by atoms with van der Waals surface area (Å²) in [5, 5.41) is 5.31. The second kappa shape index (κ2) is 7.92. The lowest BCUT2D eigenvalue weighted by Crippen LogP contribution is -1.95. The standard InChI is InChI=1S/C37H23NS/c1-4-10-34-29(7-1)30-8-2-5-11-35(30)38(34)27-16-17-28-26(20-27)19-25-14-13-23(21-32(25)28)24-15-18-37-33(22-24)31-9-3-6-12-36(31)39-37/h1-18,20-22H,19H2. The van der Waals surface area contributed by atoms with E-state index < -0.39 is 0 Å². The number of para-hydroxylation sites is 2. The molecule has 0 saturated carbocycles. The van der Waals surface area contributed by atoms with Gasteiger partial charge < -0.3 is 4.57 Å². The zero-order valence-corrected chi connectivity index (χ0v) is 22.0. The minimum atomic E-state index is 0.976. The van der Waals surface area contributed by atoms with Crippen molar-refractivity contribution < 1.29 is 0 Å². The third-order valence-electron chi connectivity index (χ3n) is 8.42. The van der Waals surface area contributed by atoms with E-state index in [1.54, 1.807) is 0 Å². The molecule has 8 aromatic rings. The molecule has 0 radical (unpaired) electrons. The minimum Gasteiger partial charge on any atom is -0.309 e. The number of hydrogen-bond donors (Lipinski definition) is 0. The van der Waals surface area contributed by atoms with Gasteiger partial charge in [-0.15, -0.1) is 11.3 Å². The lowest BCUT2D eigenvalue weighted by atomic mass is 9.97. The van der Waals surface area contributed by atoms with Crippen molar-refractivity contribution in [1.82, 2.24) is 4.57 Å². The van der Waals surface area contributed by atoms with Gasteiger partial charge in [-0.1, -0.05) is 78.9 Å². The first kappa shape index (κ1) is 21.3. The van der Waals surface area contributed by atoms with Crippen LogP contribution in [0.1, 0.15) is 11.1 Å². The Morgan fingerprint density at radius 1 is 0.462 bits per heavy atom. The highest BCUT2D eigenvalue weighted by Gasteiger charge is 2.21. The average molecular weight is 514 g/mol. The third-order valence-corrected chi connectivity index (χ3v) is 9.57. The van der Waals surface area contributed by atoms with Crippen LogP contribution in [-0.2, 0) is 6.42 Å². The lowest BCUT2D eigenvalue weighted by molar-refractivity contribution is 1.16. The van der Waals surface area contributed by atoms with Crippen molar-refractivity contribution in [2.75, 3.05) is 0 Å². The number of rotatable bonds is 2. The van der Waals surface area contributed by atoms with Gasteiger partial charge in [-0.2, -0.15) is 0 Å². The Bertz CT molecular complexity index is 2210. The van der Waals surface area contributed by atoms with Gasteiger partial charge in [0.2, 0.25) is 0 Å². The lowest BCUT2D eigenvalue weighted by Gasteiger charge is -2.10. The highest BCUT2D eigenvalue weighted by Crippen LogP contribution is 2.42. The molecule has 0 aliphatic heterocycles. The molecule has 0 amide bonds. The molecule has 0 fully saturated rings. The fourth-order valence-electron chi connectivity index (χ4n) is 6.60. The number of aromatic nitrogens is 1. The van der Waals surface area contributed by atoms with Crippen molar-refractivity contribution in [3.05, 3.63) is 139 Å². The Morgan fingerprint density at radius 3 is 1.95 bits per heavy atom. The van der Waals surface area contributed by atoms with Crippen molar-refractivity contribution >= 4 is 53.3 Å². The fraction of sp³-hybridized carbons (Fsp3) is 0.0270. The van der Waals surface area contributed by atoms with Crippen LogP contribution in [0.15, 0.2) is 127 Å². The van der Waals surface area contributed by atoms with Crippen LogP contribution in [0.3, 0.4) is 0 Å². The summed E-state index contributed by atoms with van der Waals surface area (Å²) < 4.78 is 5.12. The zero-order valence-electron chi connectivity index (χ0n) is 21.2. The van der Waals surface area contributed by atoms with E-state index in [2.05, 4.69) is 132 Å². The van der Waals surface area contributed by atoms with Gasteiger partial charge in [-0.3, -0.25) is 0 Å². The van der Waals surface area contributed by atoms with Crippen LogP contribution in [0.5, 0.6) is 0 Å². The molecule has 6 aromatic carbocycles. The zero-order chi connectivity index (χ0) is 25.5. The number of benzene rings is 6. The van der Waals surface area contributed by atoms with Crippen LogP contribution >= 0.6 is 11.3 Å². The van der Waals surface area contributed by atoms with Gasteiger partial charge in [0, 0.05) is 36.6 Å². The molecule has 0 unspecified atom stereocenters. The van der Waals surface area contributed by atoms with Crippen molar-refractivity contribution in [3.63, 3.8) is 0 Å². The predicted octanol–water partition coefficient (Wildman–Crippen LogP) is 10.4. The molecule has 9 rings (SSSR count). The Morgan fingerprint density at radius 2 is 1.13 bits per heavy atom. The highest BCUT2D eigenvalue weighted by molar-refractivity contribution is 7.25. The summed E-state index contributed by atoms with van der Waals surface area (Å²) in [6, 6.07) is 47.2. The summed E-state index contributed by atoms with van der Waals surface area (Å²) in [5.41, 5.74) is 11.9. The summed E-state index contributed by atoms with van der Waals surface area (Å²) in [7, 11) is 0. The van der Waals surface area contributed by atoms with Crippen molar-refractivity contribution in [2.45, 2.75) is 6.42 Å². The number of thiophene rings is 1. The Kier molecular flexibility index (Phi) is 4.33. The molecule has 2 heterocycles. The first-order valence-electron chi connectivity index (χ1n) is 13.5. The molecule has 2 aromatic heterocycles. The SMILES string of the molecule is c1ccc2c(c1)sc1ccc(-c3ccc4c(c3)-c3ccc(-n5c6ccccc6c6ccccc65)cc3C4)cc12. The van der Waals surface area contributed by atoms with Gasteiger partial charge in [-0.05, 0) is 88.3 Å². The van der Waals surface area contributed by atoms with Gasteiger partial charge in [0.15, 0.2) is 0 Å². The molecular weight excluding hydrogens is 490 g/mol. The molecule has 2 heteroatoms.